The van der Waals surface area contributed by atoms with Gasteiger partial charge in [-0.3, -0.25) is 4.78 Å². The maximum atomic E-state index is 11.0. The highest BCUT2D eigenvalue weighted by Gasteiger charge is 2.52. The SMILES string of the molecule is CN1CC2(C1)CS(=N)(=O)C2. The van der Waals surface area contributed by atoms with E-state index in [1.807, 2.05) is 0 Å². The number of nitrogens with one attached hydrogen (secondary N) is 1. The third kappa shape index (κ3) is 0.787. The zero-order chi connectivity index (χ0) is 7.41. The largest absolute Gasteiger partial charge is 0.305 e. The smallest absolute Gasteiger partial charge is 0.0455 e. The third-order valence-corrected chi connectivity index (χ3v) is 4.45. The molecule has 0 aromatic heterocycles. The van der Waals surface area contributed by atoms with Gasteiger partial charge in [-0.05, 0) is 7.05 Å². The zero-order valence-electron chi connectivity index (χ0n) is 6.09. The van der Waals surface area contributed by atoms with Gasteiger partial charge in [-0.25, -0.2) is 4.21 Å². The first kappa shape index (κ1) is 6.61. The van der Waals surface area contributed by atoms with Crippen molar-refractivity contribution in [1.29, 1.82) is 4.78 Å². The normalized spacial score (nSPS) is 34.9. The number of hydrogen-bond acceptors (Lipinski definition) is 3. The molecule has 0 unspecified atom stereocenters. The molecule has 0 aromatic rings. The molecule has 2 saturated heterocycles. The molecule has 10 heavy (non-hydrogen) atoms. The van der Waals surface area contributed by atoms with E-state index in [0.29, 0.717) is 16.9 Å². The highest BCUT2D eigenvalue weighted by Crippen LogP contribution is 2.40. The minimum Gasteiger partial charge on any atom is -0.305 e. The van der Waals surface area contributed by atoms with Crippen LogP contribution in [-0.4, -0.2) is 40.8 Å². The van der Waals surface area contributed by atoms with Crippen LogP contribution >= 0.6 is 0 Å². The summed E-state index contributed by atoms with van der Waals surface area (Å²) in [6.07, 6.45) is 0. The van der Waals surface area contributed by atoms with Gasteiger partial charge in [0.1, 0.15) is 0 Å². The molecule has 0 aromatic carbocycles. The number of rotatable bonds is 0. The lowest BCUT2D eigenvalue weighted by molar-refractivity contribution is 0.0513. The van der Waals surface area contributed by atoms with Crippen LogP contribution in [0, 0.1) is 10.2 Å². The molecule has 2 fully saturated rings. The van der Waals surface area contributed by atoms with Gasteiger partial charge < -0.3 is 4.90 Å². The molecular weight excluding hydrogens is 148 g/mol. The standard InChI is InChI=1S/C6H12N2OS/c1-8-2-6(3-8)4-10(7,9)5-6/h7H,2-5H2,1H3. The fourth-order valence-corrected chi connectivity index (χ4v) is 4.49. The van der Waals surface area contributed by atoms with Crippen LogP contribution in [0.1, 0.15) is 0 Å². The molecule has 2 aliphatic heterocycles. The van der Waals surface area contributed by atoms with E-state index in [2.05, 4.69) is 11.9 Å². The minimum atomic E-state index is -2.10. The van der Waals surface area contributed by atoms with Gasteiger partial charge in [0.05, 0.1) is 0 Å². The van der Waals surface area contributed by atoms with Crippen LogP contribution in [0.15, 0.2) is 0 Å². The average molecular weight is 160 g/mol. The van der Waals surface area contributed by atoms with Gasteiger partial charge in [0.2, 0.25) is 0 Å². The summed E-state index contributed by atoms with van der Waals surface area (Å²) in [6, 6.07) is 0. The third-order valence-electron chi connectivity index (χ3n) is 2.29. The van der Waals surface area contributed by atoms with E-state index in [1.54, 1.807) is 0 Å². The second-order valence-corrected chi connectivity index (χ2v) is 5.97. The summed E-state index contributed by atoms with van der Waals surface area (Å²) >= 11 is 0. The molecule has 2 rings (SSSR count). The average Bonchev–Trinajstić information content (AvgIpc) is 1.55. The first-order valence-corrected chi connectivity index (χ1v) is 5.34. The molecule has 0 saturated carbocycles. The lowest BCUT2D eigenvalue weighted by Crippen LogP contribution is -2.66. The summed E-state index contributed by atoms with van der Waals surface area (Å²) in [7, 11) is -0.0352. The van der Waals surface area contributed by atoms with Crippen molar-refractivity contribution in [1.82, 2.24) is 4.90 Å². The first-order valence-electron chi connectivity index (χ1n) is 3.44. The fourth-order valence-electron chi connectivity index (χ4n) is 2.23. The summed E-state index contributed by atoms with van der Waals surface area (Å²) in [5, 5.41) is 0. The molecule has 0 bridgehead atoms. The maximum Gasteiger partial charge on any atom is 0.0455 e. The molecule has 1 N–H and O–H groups in total. The van der Waals surface area contributed by atoms with Crippen LogP contribution in [0.4, 0.5) is 0 Å². The van der Waals surface area contributed by atoms with Crippen molar-refractivity contribution < 1.29 is 4.21 Å². The quantitative estimate of drug-likeness (QED) is 0.541. The van der Waals surface area contributed by atoms with E-state index in [0.717, 1.165) is 13.1 Å². The zero-order valence-corrected chi connectivity index (χ0v) is 6.91. The van der Waals surface area contributed by atoms with Crippen molar-refractivity contribution in [3.05, 3.63) is 0 Å². The molecule has 0 atom stereocenters. The predicted molar refractivity (Wildman–Crippen MR) is 40.5 cm³/mol. The lowest BCUT2D eigenvalue weighted by Gasteiger charge is -2.54. The second kappa shape index (κ2) is 1.56. The van der Waals surface area contributed by atoms with Gasteiger partial charge >= 0.3 is 0 Å². The molecule has 2 aliphatic rings. The predicted octanol–water partition coefficient (Wildman–Crippen LogP) is -0.0214. The molecule has 3 nitrogen and oxygen atoms in total. The van der Waals surface area contributed by atoms with Crippen molar-refractivity contribution in [2.75, 3.05) is 31.6 Å². The minimum absolute atomic E-state index is 0.313. The van der Waals surface area contributed by atoms with Gasteiger partial charge in [0.25, 0.3) is 0 Å². The highest BCUT2D eigenvalue weighted by atomic mass is 32.2. The summed E-state index contributed by atoms with van der Waals surface area (Å²) in [5.41, 5.74) is 0.313. The van der Waals surface area contributed by atoms with Crippen LogP contribution < -0.4 is 0 Å². The number of likely N-dealkylation sites (tertiary alicyclic amines) is 1. The summed E-state index contributed by atoms with van der Waals surface area (Å²) < 4.78 is 18.2. The fraction of sp³-hybridized carbons (Fsp3) is 1.00. The summed E-state index contributed by atoms with van der Waals surface area (Å²) in [4.78, 5) is 2.22. The molecule has 0 aliphatic carbocycles. The van der Waals surface area contributed by atoms with E-state index < -0.39 is 9.73 Å². The maximum absolute atomic E-state index is 11.0. The van der Waals surface area contributed by atoms with Crippen LogP contribution in [0.5, 0.6) is 0 Å². The summed E-state index contributed by atoms with van der Waals surface area (Å²) in [5.74, 6) is 1.31. The molecule has 0 amide bonds. The van der Waals surface area contributed by atoms with E-state index >= 15 is 0 Å². The van der Waals surface area contributed by atoms with E-state index in [1.165, 1.54) is 0 Å². The molecule has 4 heteroatoms. The number of hydrogen-bond donors (Lipinski definition) is 1. The summed E-state index contributed by atoms with van der Waals surface area (Å²) in [6.45, 7) is 2.12. The van der Waals surface area contributed by atoms with Gasteiger partial charge in [-0.2, -0.15) is 0 Å². The molecule has 2 heterocycles. The van der Waals surface area contributed by atoms with Gasteiger partial charge in [0.15, 0.2) is 0 Å². The second-order valence-electron chi connectivity index (χ2n) is 3.77. The Bertz CT molecular complexity index is 237. The number of nitrogens with zero attached hydrogens (tertiary/aromatic N) is 1. The Hall–Kier alpha value is -0.0900. The van der Waals surface area contributed by atoms with Crippen molar-refractivity contribution in [2.45, 2.75) is 0 Å². The van der Waals surface area contributed by atoms with Crippen LogP contribution in [-0.2, 0) is 9.73 Å². The van der Waals surface area contributed by atoms with Gasteiger partial charge in [0, 0.05) is 39.7 Å². The van der Waals surface area contributed by atoms with Gasteiger partial charge in [-0.15, -0.1) is 0 Å². The van der Waals surface area contributed by atoms with Crippen molar-refractivity contribution >= 4 is 9.73 Å². The Kier molecular flexibility index (Phi) is 1.03. The van der Waals surface area contributed by atoms with Crippen molar-refractivity contribution in [3.8, 4) is 0 Å². The van der Waals surface area contributed by atoms with Crippen molar-refractivity contribution in [3.63, 3.8) is 0 Å². The molecular formula is C6H12N2OS. The monoisotopic (exact) mass is 160 g/mol. The molecule has 58 valence electrons. The van der Waals surface area contributed by atoms with E-state index in [9.17, 15) is 4.21 Å². The highest BCUT2D eigenvalue weighted by molar-refractivity contribution is 7.93. The molecule has 0 radical (unpaired) electrons. The Balaban J connectivity index is 2.03. The Morgan fingerprint density at radius 2 is 2.00 bits per heavy atom. The van der Waals surface area contributed by atoms with Crippen molar-refractivity contribution in [2.24, 2.45) is 5.41 Å². The van der Waals surface area contributed by atoms with E-state index in [-0.39, 0.29) is 0 Å². The van der Waals surface area contributed by atoms with Gasteiger partial charge in [-0.1, -0.05) is 0 Å². The Labute approximate surface area is 61.4 Å². The van der Waals surface area contributed by atoms with Crippen LogP contribution in [0.2, 0.25) is 0 Å². The van der Waals surface area contributed by atoms with Crippen LogP contribution in [0.25, 0.3) is 0 Å². The Morgan fingerprint density at radius 1 is 1.50 bits per heavy atom. The van der Waals surface area contributed by atoms with E-state index in [4.69, 9.17) is 4.78 Å². The topological polar surface area (TPSA) is 44.2 Å². The first-order chi connectivity index (χ1) is 4.52. The lowest BCUT2D eigenvalue weighted by atomic mass is 9.83. The molecule has 1 spiro atoms. The van der Waals surface area contributed by atoms with Crippen LogP contribution in [0.3, 0.4) is 0 Å². The Morgan fingerprint density at radius 3 is 2.30 bits per heavy atom.